The van der Waals surface area contributed by atoms with Crippen molar-refractivity contribution in [1.29, 1.82) is 0 Å². The second kappa shape index (κ2) is 7.32. The highest BCUT2D eigenvalue weighted by atomic mass is 16.4. The zero-order valence-corrected chi connectivity index (χ0v) is 13.6. The molecule has 0 bridgehead atoms. The third kappa shape index (κ3) is 4.94. The number of rotatable bonds is 12. The van der Waals surface area contributed by atoms with Gasteiger partial charge in [0.1, 0.15) is 0 Å². The van der Waals surface area contributed by atoms with Crippen molar-refractivity contribution in [2.45, 2.75) is 70.6 Å². The van der Waals surface area contributed by atoms with Crippen LogP contribution < -0.4 is 5.32 Å². The van der Waals surface area contributed by atoms with Gasteiger partial charge < -0.3 is 15.5 Å². The van der Waals surface area contributed by atoms with Crippen LogP contribution in [0.1, 0.15) is 70.6 Å². The Hall–Kier alpha value is -1.59. The van der Waals surface area contributed by atoms with Gasteiger partial charge in [-0.1, -0.05) is 12.8 Å². The number of aliphatic carboxylic acids is 2. The number of amides is 1. The normalized spacial score (nSPS) is 19.8. The highest BCUT2D eigenvalue weighted by molar-refractivity contribution is 5.78. The van der Waals surface area contributed by atoms with Crippen molar-refractivity contribution in [2.75, 3.05) is 6.54 Å². The van der Waals surface area contributed by atoms with Gasteiger partial charge in [-0.2, -0.15) is 0 Å². The molecule has 2 fully saturated rings. The first-order valence-corrected chi connectivity index (χ1v) is 8.64. The Balaban J connectivity index is 1.45. The molecule has 0 saturated heterocycles. The van der Waals surface area contributed by atoms with Gasteiger partial charge in [0.05, 0.1) is 10.8 Å². The van der Waals surface area contributed by atoms with Crippen molar-refractivity contribution >= 4 is 17.8 Å². The number of nitrogens with one attached hydrogen (secondary N) is 1. The number of carboxylic acid groups (broad SMARTS) is 2. The average Bonchev–Trinajstić information content (AvgIpc) is 3.38. The predicted octanol–water partition coefficient (Wildman–Crippen LogP) is 2.56. The van der Waals surface area contributed by atoms with Crippen LogP contribution in [0.5, 0.6) is 0 Å². The molecule has 0 spiro atoms. The van der Waals surface area contributed by atoms with Gasteiger partial charge in [-0.05, 0) is 51.4 Å². The van der Waals surface area contributed by atoms with Gasteiger partial charge >= 0.3 is 11.9 Å². The summed E-state index contributed by atoms with van der Waals surface area (Å²) in [5.74, 6) is -1.38. The lowest BCUT2D eigenvalue weighted by Crippen LogP contribution is -2.24. The Kier molecular flexibility index (Phi) is 5.65. The van der Waals surface area contributed by atoms with Gasteiger partial charge in [-0.15, -0.1) is 0 Å². The number of unbranched alkanes of at least 4 members (excludes halogenated alkanes) is 2. The molecule has 6 nitrogen and oxygen atoms in total. The average molecular weight is 325 g/mol. The van der Waals surface area contributed by atoms with Crippen molar-refractivity contribution in [1.82, 2.24) is 5.32 Å². The molecule has 0 aromatic rings. The Labute approximate surface area is 136 Å². The van der Waals surface area contributed by atoms with Crippen LogP contribution in [0.15, 0.2) is 0 Å². The van der Waals surface area contributed by atoms with Crippen LogP contribution in [-0.2, 0) is 14.4 Å². The van der Waals surface area contributed by atoms with Crippen LogP contribution in [0.4, 0.5) is 0 Å². The zero-order chi connectivity index (χ0) is 16.9. The van der Waals surface area contributed by atoms with Crippen LogP contribution >= 0.6 is 0 Å². The van der Waals surface area contributed by atoms with E-state index in [1.807, 2.05) is 0 Å². The second-order valence-corrected chi connectivity index (χ2v) is 7.19. The highest BCUT2D eigenvalue weighted by Crippen LogP contribution is 2.50. The first-order chi connectivity index (χ1) is 10.9. The molecule has 2 aliphatic rings. The maximum atomic E-state index is 11.7. The third-order valence-electron chi connectivity index (χ3n) is 5.33. The SMILES string of the molecule is O=C(CCCCC1(C(=O)O)CC1)NCCCCC1(C(=O)O)CC1. The van der Waals surface area contributed by atoms with E-state index in [1.165, 1.54) is 0 Å². The Morgan fingerprint density at radius 2 is 1.26 bits per heavy atom. The zero-order valence-electron chi connectivity index (χ0n) is 13.6. The van der Waals surface area contributed by atoms with Crippen molar-refractivity contribution in [3.8, 4) is 0 Å². The van der Waals surface area contributed by atoms with E-state index in [0.29, 0.717) is 25.8 Å². The quantitative estimate of drug-likeness (QED) is 0.478. The molecule has 0 aliphatic heterocycles. The van der Waals surface area contributed by atoms with Gasteiger partial charge in [0, 0.05) is 13.0 Å². The number of carbonyl (C=O) groups is 3. The molecule has 2 saturated carbocycles. The molecule has 23 heavy (non-hydrogen) atoms. The van der Waals surface area contributed by atoms with E-state index in [1.54, 1.807) is 0 Å². The lowest BCUT2D eigenvalue weighted by molar-refractivity contribution is -0.144. The van der Waals surface area contributed by atoms with Crippen LogP contribution in [0.3, 0.4) is 0 Å². The van der Waals surface area contributed by atoms with Crippen LogP contribution in [0.2, 0.25) is 0 Å². The number of carbonyl (C=O) groups excluding carboxylic acids is 1. The molecule has 130 valence electrons. The largest absolute Gasteiger partial charge is 0.481 e. The minimum absolute atomic E-state index is 0.00421. The molecule has 0 unspecified atom stereocenters. The fourth-order valence-electron chi connectivity index (χ4n) is 3.10. The third-order valence-corrected chi connectivity index (χ3v) is 5.33. The van der Waals surface area contributed by atoms with Crippen molar-refractivity contribution in [3.63, 3.8) is 0 Å². The standard InChI is InChI=1S/C17H27NO5/c19-13(5-1-2-6-16(8-9-16)14(20)21)18-12-4-3-7-17(10-11-17)15(22)23/h1-12H2,(H,18,19)(H,20,21)(H,22,23). The van der Waals surface area contributed by atoms with Crippen LogP contribution in [0.25, 0.3) is 0 Å². The summed E-state index contributed by atoms with van der Waals surface area (Å²) in [4.78, 5) is 33.7. The minimum Gasteiger partial charge on any atom is -0.481 e. The predicted molar refractivity (Wildman–Crippen MR) is 83.9 cm³/mol. The molecule has 6 heteroatoms. The molecule has 0 atom stereocenters. The molecular formula is C17H27NO5. The van der Waals surface area contributed by atoms with Crippen LogP contribution in [-0.4, -0.2) is 34.6 Å². The fraction of sp³-hybridized carbons (Fsp3) is 0.824. The molecule has 0 aromatic carbocycles. The molecule has 3 N–H and O–H groups in total. The van der Waals surface area contributed by atoms with E-state index in [2.05, 4.69) is 5.32 Å². The summed E-state index contributed by atoms with van der Waals surface area (Å²) < 4.78 is 0. The second-order valence-electron chi connectivity index (χ2n) is 7.19. The molecule has 0 aromatic heterocycles. The summed E-state index contributed by atoms with van der Waals surface area (Å²) in [6.07, 6.45) is 8.06. The molecular weight excluding hydrogens is 298 g/mol. The number of carboxylic acids is 2. The van der Waals surface area contributed by atoms with Crippen LogP contribution in [0, 0.1) is 10.8 Å². The van der Waals surface area contributed by atoms with E-state index >= 15 is 0 Å². The summed E-state index contributed by atoms with van der Waals surface area (Å²) in [6.45, 7) is 0.591. The molecule has 2 rings (SSSR count). The Morgan fingerprint density at radius 3 is 1.70 bits per heavy atom. The fourth-order valence-corrected chi connectivity index (χ4v) is 3.10. The van der Waals surface area contributed by atoms with Gasteiger partial charge in [0.2, 0.25) is 5.91 Å². The highest BCUT2D eigenvalue weighted by Gasteiger charge is 2.49. The maximum absolute atomic E-state index is 11.7. The number of hydrogen-bond donors (Lipinski definition) is 3. The van der Waals surface area contributed by atoms with E-state index < -0.39 is 22.8 Å². The van der Waals surface area contributed by atoms with Gasteiger partial charge in [-0.3, -0.25) is 14.4 Å². The summed E-state index contributed by atoms with van der Waals surface area (Å²) in [5, 5.41) is 21.0. The number of hydrogen-bond acceptors (Lipinski definition) is 3. The van der Waals surface area contributed by atoms with Crippen molar-refractivity contribution < 1.29 is 24.6 Å². The lowest BCUT2D eigenvalue weighted by Gasteiger charge is -2.10. The summed E-state index contributed by atoms with van der Waals surface area (Å²) >= 11 is 0. The maximum Gasteiger partial charge on any atom is 0.309 e. The first kappa shape index (κ1) is 17.8. The molecule has 1 amide bonds. The van der Waals surface area contributed by atoms with Gasteiger partial charge in [-0.25, -0.2) is 0 Å². The topological polar surface area (TPSA) is 104 Å². The smallest absolute Gasteiger partial charge is 0.309 e. The lowest BCUT2D eigenvalue weighted by atomic mass is 9.98. The molecule has 2 aliphatic carbocycles. The van der Waals surface area contributed by atoms with E-state index in [-0.39, 0.29) is 5.91 Å². The summed E-state index contributed by atoms with van der Waals surface area (Å²) in [5.41, 5.74) is -0.952. The van der Waals surface area contributed by atoms with Crippen molar-refractivity contribution in [3.05, 3.63) is 0 Å². The summed E-state index contributed by atoms with van der Waals surface area (Å²) in [6, 6.07) is 0. The van der Waals surface area contributed by atoms with Crippen molar-refractivity contribution in [2.24, 2.45) is 10.8 Å². The Morgan fingerprint density at radius 1 is 0.783 bits per heavy atom. The summed E-state index contributed by atoms with van der Waals surface area (Å²) in [7, 11) is 0. The molecule has 0 radical (unpaired) electrons. The minimum atomic E-state index is -0.697. The van der Waals surface area contributed by atoms with E-state index in [9.17, 15) is 14.4 Å². The Bertz CT molecular complexity index is 466. The monoisotopic (exact) mass is 325 g/mol. The van der Waals surface area contributed by atoms with E-state index in [4.69, 9.17) is 10.2 Å². The van der Waals surface area contributed by atoms with Gasteiger partial charge in [0.15, 0.2) is 0 Å². The van der Waals surface area contributed by atoms with E-state index in [0.717, 1.165) is 51.4 Å². The first-order valence-electron chi connectivity index (χ1n) is 8.64. The van der Waals surface area contributed by atoms with Gasteiger partial charge in [0.25, 0.3) is 0 Å². The molecule has 0 heterocycles.